The van der Waals surface area contributed by atoms with Gasteiger partial charge in [-0.25, -0.2) is 0 Å². The normalized spacial score (nSPS) is 9.71. The number of nitrogens with one attached hydrogen (secondary N) is 2. The van der Waals surface area contributed by atoms with E-state index in [1.54, 1.807) is 7.11 Å². The van der Waals surface area contributed by atoms with Crippen molar-refractivity contribution in [3.8, 4) is 5.75 Å². The molecule has 17 heavy (non-hydrogen) atoms. The second kappa shape index (κ2) is 6.52. The minimum absolute atomic E-state index is 0.0391. The van der Waals surface area contributed by atoms with Crippen molar-refractivity contribution in [1.82, 2.24) is 5.32 Å². The van der Waals surface area contributed by atoms with Gasteiger partial charge in [0, 0.05) is 6.54 Å². The van der Waals surface area contributed by atoms with E-state index in [1.807, 2.05) is 24.3 Å². The van der Waals surface area contributed by atoms with E-state index in [1.165, 1.54) is 0 Å². The van der Waals surface area contributed by atoms with Crippen molar-refractivity contribution in [1.29, 1.82) is 5.41 Å². The van der Waals surface area contributed by atoms with Gasteiger partial charge in [0.2, 0.25) is 5.91 Å². The highest BCUT2D eigenvalue weighted by atomic mass is 16.5. The van der Waals surface area contributed by atoms with Crippen molar-refractivity contribution in [3.63, 3.8) is 0 Å². The molecule has 0 aliphatic carbocycles. The molecule has 0 atom stereocenters. The number of amidine groups is 1. The summed E-state index contributed by atoms with van der Waals surface area (Å²) in [4.78, 5) is 11.2. The van der Waals surface area contributed by atoms with E-state index in [0.717, 1.165) is 17.7 Å². The van der Waals surface area contributed by atoms with E-state index in [2.05, 4.69) is 5.32 Å². The standard InChI is InChI=1S/C12H17N3O2/c1-17-10-4-2-9(3-5-10)6-7-15-12(16)8-11(13)14/h2-5H,6-8H2,1H3,(H3,13,14)(H,15,16). The number of nitrogens with two attached hydrogens (primary N) is 1. The Hall–Kier alpha value is -2.04. The number of carbonyl (C=O) groups excluding carboxylic acids is 1. The molecule has 1 aromatic carbocycles. The number of benzene rings is 1. The molecule has 1 aromatic rings. The van der Waals surface area contributed by atoms with Gasteiger partial charge in [-0.15, -0.1) is 0 Å². The molecule has 1 rings (SSSR count). The minimum Gasteiger partial charge on any atom is -0.497 e. The van der Waals surface area contributed by atoms with Crippen LogP contribution in [0.5, 0.6) is 5.75 Å². The number of hydrogen-bond donors (Lipinski definition) is 3. The Morgan fingerprint density at radius 2 is 2.06 bits per heavy atom. The number of amides is 1. The van der Waals surface area contributed by atoms with Gasteiger partial charge in [0.25, 0.3) is 0 Å². The van der Waals surface area contributed by atoms with Crippen LogP contribution in [0.2, 0.25) is 0 Å². The van der Waals surface area contributed by atoms with Gasteiger partial charge in [-0.1, -0.05) is 12.1 Å². The van der Waals surface area contributed by atoms with E-state index >= 15 is 0 Å². The van der Waals surface area contributed by atoms with E-state index in [-0.39, 0.29) is 18.2 Å². The molecule has 0 saturated heterocycles. The first kappa shape index (κ1) is 13.0. The summed E-state index contributed by atoms with van der Waals surface area (Å²) in [5.74, 6) is 0.479. The van der Waals surface area contributed by atoms with Crippen LogP contribution in [0, 0.1) is 5.41 Å². The van der Waals surface area contributed by atoms with Gasteiger partial charge >= 0.3 is 0 Å². The molecular weight excluding hydrogens is 218 g/mol. The summed E-state index contributed by atoms with van der Waals surface area (Å²) in [6.45, 7) is 0.540. The highest BCUT2D eigenvalue weighted by Gasteiger charge is 2.02. The van der Waals surface area contributed by atoms with Gasteiger partial charge in [0.1, 0.15) is 5.75 Å². The quantitative estimate of drug-likeness (QED) is 0.500. The zero-order valence-electron chi connectivity index (χ0n) is 9.82. The molecule has 0 unspecified atom stereocenters. The number of methoxy groups -OCH3 is 1. The van der Waals surface area contributed by atoms with Gasteiger partial charge in [-0.05, 0) is 24.1 Å². The number of carbonyl (C=O) groups is 1. The average molecular weight is 235 g/mol. The van der Waals surface area contributed by atoms with E-state index < -0.39 is 0 Å². The number of ether oxygens (including phenoxy) is 1. The molecule has 5 heteroatoms. The molecule has 0 radical (unpaired) electrons. The maximum absolute atomic E-state index is 11.2. The molecule has 0 aliphatic rings. The predicted molar refractivity (Wildman–Crippen MR) is 66.2 cm³/mol. The third-order valence-corrected chi connectivity index (χ3v) is 2.25. The van der Waals surface area contributed by atoms with Crippen molar-refractivity contribution in [2.24, 2.45) is 5.73 Å². The summed E-state index contributed by atoms with van der Waals surface area (Å²) in [5.41, 5.74) is 6.24. The minimum atomic E-state index is -0.217. The molecule has 0 heterocycles. The fourth-order valence-electron chi connectivity index (χ4n) is 1.37. The van der Waals surface area contributed by atoms with Gasteiger partial charge in [0.05, 0.1) is 19.4 Å². The lowest BCUT2D eigenvalue weighted by molar-refractivity contribution is -0.119. The Labute approximate surface area is 100 Å². The molecule has 1 amide bonds. The largest absolute Gasteiger partial charge is 0.497 e. The van der Waals surface area contributed by atoms with Crippen molar-refractivity contribution in [3.05, 3.63) is 29.8 Å². The first-order valence-corrected chi connectivity index (χ1v) is 5.34. The predicted octanol–water partition coefficient (Wildman–Crippen LogP) is 0.680. The molecule has 4 N–H and O–H groups in total. The Balaban J connectivity index is 2.30. The van der Waals surface area contributed by atoms with Crippen LogP contribution in [0.15, 0.2) is 24.3 Å². The summed E-state index contributed by atoms with van der Waals surface area (Å²) in [6, 6.07) is 7.67. The van der Waals surface area contributed by atoms with Crippen LogP contribution in [0.1, 0.15) is 12.0 Å². The lowest BCUT2D eigenvalue weighted by Gasteiger charge is -2.05. The Morgan fingerprint density at radius 1 is 1.41 bits per heavy atom. The fourth-order valence-corrected chi connectivity index (χ4v) is 1.37. The van der Waals surface area contributed by atoms with E-state index in [0.29, 0.717) is 6.54 Å². The third-order valence-electron chi connectivity index (χ3n) is 2.25. The van der Waals surface area contributed by atoms with Crippen LogP contribution >= 0.6 is 0 Å². The molecule has 5 nitrogen and oxygen atoms in total. The van der Waals surface area contributed by atoms with Gasteiger partial charge in [-0.3, -0.25) is 10.2 Å². The fraction of sp³-hybridized carbons (Fsp3) is 0.333. The first-order valence-electron chi connectivity index (χ1n) is 5.34. The first-order chi connectivity index (χ1) is 8.11. The zero-order chi connectivity index (χ0) is 12.7. The smallest absolute Gasteiger partial charge is 0.227 e. The molecule has 0 aromatic heterocycles. The zero-order valence-corrected chi connectivity index (χ0v) is 9.82. The number of rotatable bonds is 6. The molecule has 0 fully saturated rings. The van der Waals surface area contributed by atoms with Gasteiger partial charge in [-0.2, -0.15) is 0 Å². The maximum Gasteiger partial charge on any atom is 0.227 e. The van der Waals surface area contributed by atoms with Crippen LogP contribution in [-0.2, 0) is 11.2 Å². The van der Waals surface area contributed by atoms with Gasteiger partial charge < -0.3 is 15.8 Å². The Bertz CT molecular complexity index is 387. The summed E-state index contributed by atoms with van der Waals surface area (Å²) in [6.07, 6.45) is 0.705. The Kier molecular flexibility index (Phi) is 5.00. The lowest BCUT2D eigenvalue weighted by atomic mass is 10.1. The molecule has 0 aliphatic heterocycles. The second-order valence-corrected chi connectivity index (χ2v) is 3.65. The molecule has 0 spiro atoms. The SMILES string of the molecule is COc1ccc(CCNC(=O)CC(=N)N)cc1. The topological polar surface area (TPSA) is 88.2 Å². The maximum atomic E-state index is 11.2. The summed E-state index contributed by atoms with van der Waals surface area (Å²) in [7, 11) is 1.62. The number of hydrogen-bond acceptors (Lipinski definition) is 3. The molecule has 0 saturated carbocycles. The van der Waals surface area contributed by atoms with Crippen molar-refractivity contribution < 1.29 is 9.53 Å². The molecule has 0 bridgehead atoms. The monoisotopic (exact) mass is 235 g/mol. The van der Waals surface area contributed by atoms with Crippen LogP contribution in [0.25, 0.3) is 0 Å². The second-order valence-electron chi connectivity index (χ2n) is 3.65. The van der Waals surface area contributed by atoms with Crippen LogP contribution in [-0.4, -0.2) is 25.4 Å². The van der Waals surface area contributed by atoms with Crippen LogP contribution in [0.3, 0.4) is 0 Å². The third kappa shape index (κ3) is 5.01. The van der Waals surface area contributed by atoms with Crippen molar-refractivity contribution >= 4 is 11.7 Å². The lowest BCUT2D eigenvalue weighted by Crippen LogP contribution is -2.29. The van der Waals surface area contributed by atoms with Crippen LogP contribution in [0.4, 0.5) is 0 Å². The summed E-state index contributed by atoms with van der Waals surface area (Å²) >= 11 is 0. The highest BCUT2D eigenvalue weighted by molar-refractivity contribution is 5.97. The molecular formula is C12H17N3O2. The highest BCUT2D eigenvalue weighted by Crippen LogP contribution is 2.11. The van der Waals surface area contributed by atoms with E-state index in [4.69, 9.17) is 15.9 Å². The molecule has 92 valence electrons. The van der Waals surface area contributed by atoms with Crippen LogP contribution < -0.4 is 15.8 Å². The summed E-state index contributed by atoms with van der Waals surface area (Å²) < 4.78 is 5.05. The Morgan fingerprint density at radius 3 is 2.59 bits per heavy atom. The van der Waals surface area contributed by atoms with Crippen molar-refractivity contribution in [2.75, 3.05) is 13.7 Å². The van der Waals surface area contributed by atoms with E-state index in [9.17, 15) is 4.79 Å². The van der Waals surface area contributed by atoms with Gasteiger partial charge in [0.15, 0.2) is 0 Å². The van der Waals surface area contributed by atoms with Crippen molar-refractivity contribution in [2.45, 2.75) is 12.8 Å². The summed E-state index contributed by atoms with van der Waals surface area (Å²) in [5, 5.41) is 9.67. The average Bonchev–Trinajstić information content (AvgIpc) is 2.29.